The zero-order valence-corrected chi connectivity index (χ0v) is 10.3. The monoisotopic (exact) mass is 251 g/mol. The van der Waals surface area contributed by atoms with Crippen LogP contribution in [0.4, 0.5) is 9.18 Å². The number of rotatable bonds is 2. The van der Waals surface area contributed by atoms with Gasteiger partial charge in [-0.2, -0.15) is 0 Å². The molecule has 1 aromatic rings. The number of hydrogen-bond donors (Lipinski definition) is 0. The second-order valence-electron chi connectivity index (χ2n) is 4.56. The van der Waals surface area contributed by atoms with Gasteiger partial charge in [0.15, 0.2) is 0 Å². The van der Waals surface area contributed by atoms with Crippen LogP contribution in [0.3, 0.4) is 0 Å². The molecule has 0 bridgehead atoms. The van der Waals surface area contributed by atoms with Gasteiger partial charge in [-0.25, -0.2) is 9.18 Å². The molecule has 1 aliphatic rings. The Kier molecular flexibility index (Phi) is 4.56. The average Bonchev–Trinajstić information content (AvgIpc) is 2.62. The topological polar surface area (TPSA) is 29.5 Å². The fourth-order valence-corrected chi connectivity index (χ4v) is 2.05. The summed E-state index contributed by atoms with van der Waals surface area (Å²) >= 11 is 0. The summed E-state index contributed by atoms with van der Waals surface area (Å²) in [6, 6.07) is 9.55. The number of likely N-dealkylation sites (tertiary alicyclic amines) is 1. The lowest BCUT2D eigenvalue weighted by atomic mass is 10.2. The van der Waals surface area contributed by atoms with Crippen molar-refractivity contribution in [3.63, 3.8) is 0 Å². The van der Waals surface area contributed by atoms with Crippen LogP contribution in [0.5, 0.6) is 0 Å². The van der Waals surface area contributed by atoms with E-state index in [0.717, 1.165) is 5.56 Å². The van der Waals surface area contributed by atoms with Gasteiger partial charge >= 0.3 is 6.09 Å². The molecule has 2 rings (SSSR count). The number of benzene rings is 1. The van der Waals surface area contributed by atoms with E-state index in [9.17, 15) is 9.18 Å². The Hall–Kier alpha value is -1.58. The van der Waals surface area contributed by atoms with Gasteiger partial charge in [-0.15, -0.1) is 0 Å². The second kappa shape index (κ2) is 6.38. The van der Waals surface area contributed by atoms with E-state index in [4.69, 9.17) is 4.74 Å². The van der Waals surface area contributed by atoms with Gasteiger partial charge in [-0.3, -0.25) is 0 Å². The van der Waals surface area contributed by atoms with Gasteiger partial charge < -0.3 is 9.64 Å². The second-order valence-corrected chi connectivity index (χ2v) is 4.56. The number of halogens is 1. The third kappa shape index (κ3) is 3.72. The summed E-state index contributed by atoms with van der Waals surface area (Å²) in [6.07, 6.45) is 0.551. The fraction of sp³-hybridized carbons (Fsp3) is 0.500. The lowest BCUT2D eigenvalue weighted by molar-refractivity contribution is 0.0968. The minimum atomic E-state index is -0.781. The van der Waals surface area contributed by atoms with Crippen LogP contribution < -0.4 is 0 Å². The Morgan fingerprint density at radius 3 is 2.83 bits per heavy atom. The molecule has 4 heteroatoms. The van der Waals surface area contributed by atoms with E-state index in [1.807, 2.05) is 30.3 Å². The number of ether oxygens (including phenoxy) is 1. The highest BCUT2D eigenvalue weighted by atomic mass is 19.1. The maximum absolute atomic E-state index is 13.2. The Labute approximate surface area is 107 Å². The van der Waals surface area contributed by atoms with Gasteiger partial charge in [-0.05, 0) is 24.8 Å². The molecule has 0 N–H and O–H groups in total. The zero-order chi connectivity index (χ0) is 12.8. The molecule has 1 saturated heterocycles. The molecule has 1 aliphatic heterocycles. The fourth-order valence-electron chi connectivity index (χ4n) is 2.05. The Morgan fingerprint density at radius 2 is 2.06 bits per heavy atom. The van der Waals surface area contributed by atoms with Crippen LogP contribution in [0.2, 0.25) is 0 Å². The van der Waals surface area contributed by atoms with Gasteiger partial charge in [-0.1, -0.05) is 30.3 Å². The smallest absolute Gasteiger partial charge is 0.410 e. The van der Waals surface area contributed by atoms with Crippen molar-refractivity contribution < 1.29 is 13.9 Å². The normalized spacial score (nSPS) is 20.3. The number of amides is 1. The van der Waals surface area contributed by atoms with Crippen LogP contribution in [-0.2, 0) is 11.3 Å². The van der Waals surface area contributed by atoms with Crippen molar-refractivity contribution in [3.8, 4) is 0 Å². The maximum Gasteiger partial charge on any atom is 0.410 e. The highest BCUT2D eigenvalue weighted by molar-refractivity contribution is 5.67. The van der Waals surface area contributed by atoms with E-state index in [-0.39, 0.29) is 12.7 Å². The lowest BCUT2D eigenvalue weighted by Gasteiger charge is -2.19. The first kappa shape index (κ1) is 12.9. The van der Waals surface area contributed by atoms with E-state index in [2.05, 4.69) is 0 Å². The number of alkyl halides is 1. The molecule has 18 heavy (non-hydrogen) atoms. The third-order valence-corrected chi connectivity index (χ3v) is 3.12. The highest BCUT2D eigenvalue weighted by Gasteiger charge is 2.20. The van der Waals surface area contributed by atoms with Gasteiger partial charge in [0.2, 0.25) is 0 Å². The molecule has 1 atom stereocenters. The molecule has 0 saturated carbocycles. The summed E-state index contributed by atoms with van der Waals surface area (Å²) in [5.41, 5.74) is 0.962. The summed E-state index contributed by atoms with van der Waals surface area (Å²) in [5, 5.41) is 0. The predicted molar refractivity (Wildman–Crippen MR) is 66.9 cm³/mol. The zero-order valence-electron chi connectivity index (χ0n) is 10.3. The molecule has 0 spiro atoms. The Balaban J connectivity index is 1.80. The molecular formula is C14H18FNO2. The summed E-state index contributed by atoms with van der Waals surface area (Å²) < 4.78 is 18.4. The molecule has 0 unspecified atom stereocenters. The Bertz CT molecular complexity index is 383. The summed E-state index contributed by atoms with van der Waals surface area (Å²) in [7, 11) is 0. The molecular weight excluding hydrogens is 233 g/mol. The van der Waals surface area contributed by atoms with Crippen LogP contribution in [0.1, 0.15) is 24.8 Å². The van der Waals surface area contributed by atoms with Crippen molar-refractivity contribution >= 4 is 6.09 Å². The van der Waals surface area contributed by atoms with E-state index >= 15 is 0 Å². The molecule has 1 aromatic carbocycles. The standard InChI is InChI=1S/C14H18FNO2/c15-13-7-4-9-16(10-8-13)14(17)18-11-12-5-2-1-3-6-12/h1-3,5-6,13H,4,7-11H2/t13-/m1/s1. The predicted octanol–water partition coefficient (Wildman–Crippen LogP) is 3.15. The number of nitrogens with zero attached hydrogens (tertiary/aromatic N) is 1. The van der Waals surface area contributed by atoms with Crippen molar-refractivity contribution in [2.45, 2.75) is 32.0 Å². The van der Waals surface area contributed by atoms with Crippen LogP contribution >= 0.6 is 0 Å². The highest BCUT2D eigenvalue weighted by Crippen LogP contribution is 2.15. The van der Waals surface area contributed by atoms with Crippen molar-refractivity contribution in [2.75, 3.05) is 13.1 Å². The first-order valence-electron chi connectivity index (χ1n) is 6.35. The average molecular weight is 251 g/mol. The van der Waals surface area contributed by atoms with Gasteiger partial charge in [0.05, 0.1) is 0 Å². The molecule has 0 radical (unpaired) electrons. The number of carbonyl (C=O) groups is 1. The van der Waals surface area contributed by atoms with Gasteiger partial charge in [0.1, 0.15) is 12.8 Å². The molecule has 1 fully saturated rings. The summed E-state index contributed by atoms with van der Waals surface area (Å²) in [6.45, 7) is 1.32. The van der Waals surface area contributed by atoms with E-state index in [1.54, 1.807) is 4.90 Å². The number of hydrogen-bond acceptors (Lipinski definition) is 2. The van der Waals surface area contributed by atoms with Gasteiger partial charge in [0.25, 0.3) is 0 Å². The largest absolute Gasteiger partial charge is 0.445 e. The van der Waals surface area contributed by atoms with Crippen LogP contribution in [0, 0.1) is 0 Å². The van der Waals surface area contributed by atoms with Crippen LogP contribution in [-0.4, -0.2) is 30.3 Å². The van der Waals surface area contributed by atoms with Crippen LogP contribution in [0.15, 0.2) is 30.3 Å². The van der Waals surface area contributed by atoms with E-state index < -0.39 is 6.17 Å². The molecule has 3 nitrogen and oxygen atoms in total. The third-order valence-electron chi connectivity index (χ3n) is 3.12. The maximum atomic E-state index is 13.2. The molecule has 0 aliphatic carbocycles. The van der Waals surface area contributed by atoms with Crippen molar-refractivity contribution in [1.82, 2.24) is 4.90 Å². The summed E-state index contributed by atoms with van der Waals surface area (Å²) in [4.78, 5) is 13.4. The molecule has 1 heterocycles. The molecule has 98 valence electrons. The van der Waals surface area contributed by atoms with Crippen molar-refractivity contribution in [2.24, 2.45) is 0 Å². The first-order valence-corrected chi connectivity index (χ1v) is 6.35. The molecule has 0 aromatic heterocycles. The minimum Gasteiger partial charge on any atom is -0.445 e. The van der Waals surface area contributed by atoms with Crippen molar-refractivity contribution in [3.05, 3.63) is 35.9 Å². The Morgan fingerprint density at radius 1 is 1.28 bits per heavy atom. The minimum absolute atomic E-state index is 0.273. The van der Waals surface area contributed by atoms with E-state index in [1.165, 1.54) is 0 Å². The van der Waals surface area contributed by atoms with Crippen molar-refractivity contribution in [1.29, 1.82) is 0 Å². The summed E-state index contributed by atoms with van der Waals surface area (Å²) in [5.74, 6) is 0. The first-order chi connectivity index (χ1) is 8.75. The van der Waals surface area contributed by atoms with Crippen LogP contribution in [0.25, 0.3) is 0 Å². The quantitative estimate of drug-likeness (QED) is 0.808. The SMILES string of the molecule is O=C(OCc1ccccc1)N1CCC[C@@H](F)CC1. The lowest BCUT2D eigenvalue weighted by Crippen LogP contribution is -2.32. The van der Waals surface area contributed by atoms with Gasteiger partial charge in [0, 0.05) is 13.1 Å². The molecule has 1 amide bonds. The number of carbonyl (C=O) groups excluding carboxylic acids is 1. The van der Waals surface area contributed by atoms with E-state index in [0.29, 0.717) is 32.4 Å².